The first-order valence-corrected chi connectivity index (χ1v) is 10.7. The molecule has 1 aliphatic heterocycles. The molecule has 4 rings (SSSR count). The highest BCUT2D eigenvalue weighted by Gasteiger charge is 2.30. The smallest absolute Gasteiger partial charge is 0.324 e. The van der Waals surface area contributed by atoms with E-state index in [4.69, 9.17) is 16.3 Å². The maximum Gasteiger partial charge on any atom is 0.324 e. The number of carbonyl (C=O) groups is 2. The summed E-state index contributed by atoms with van der Waals surface area (Å²) in [5.74, 6) is 0.708. The highest BCUT2D eigenvalue weighted by molar-refractivity contribution is 6.30. The van der Waals surface area contributed by atoms with Crippen molar-refractivity contribution in [2.24, 2.45) is 5.92 Å². The Morgan fingerprint density at radius 1 is 1.17 bits per heavy atom. The van der Waals surface area contributed by atoms with Crippen molar-refractivity contribution in [2.75, 3.05) is 30.4 Å². The zero-order chi connectivity index (χ0) is 21.1. The zero-order valence-corrected chi connectivity index (χ0v) is 17.8. The predicted molar refractivity (Wildman–Crippen MR) is 118 cm³/mol. The van der Waals surface area contributed by atoms with E-state index in [1.807, 2.05) is 41.3 Å². The van der Waals surface area contributed by atoms with E-state index in [0.717, 1.165) is 31.2 Å². The minimum Gasteiger partial charge on any atom is -0.497 e. The summed E-state index contributed by atoms with van der Waals surface area (Å²) in [5, 5.41) is 3.69. The highest BCUT2D eigenvalue weighted by Crippen LogP contribution is 2.35. The Morgan fingerprint density at radius 3 is 2.70 bits per heavy atom. The summed E-state index contributed by atoms with van der Waals surface area (Å²) in [5.41, 5.74) is 2.31. The van der Waals surface area contributed by atoms with Crippen LogP contribution in [0.25, 0.3) is 0 Å². The van der Waals surface area contributed by atoms with Crippen molar-refractivity contribution in [3.63, 3.8) is 0 Å². The minimum atomic E-state index is -0.0782. The zero-order valence-electron chi connectivity index (χ0n) is 17.1. The fourth-order valence-electron chi connectivity index (χ4n) is 3.89. The molecule has 0 atom stereocenters. The van der Waals surface area contributed by atoms with Crippen LogP contribution in [0.1, 0.15) is 31.2 Å². The molecule has 0 radical (unpaired) electrons. The number of methoxy groups -OCH3 is 1. The van der Waals surface area contributed by atoms with Gasteiger partial charge < -0.3 is 15.0 Å². The summed E-state index contributed by atoms with van der Waals surface area (Å²) in [6.07, 6.45) is 3.77. The summed E-state index contributed by atoms with van der Waals surface area (Å²) >= 11 is 6.10. The third-order valence-electron chi connectivity index (χ3n) is 5.80. The Morgan fingerprint density at radius 2 is 2.00 bits per heavy atom. The molecular weight excluding hydrogens is 402 g/mol. The third kappa shape index (κ3) is 4.38. The number of hydrogen-bond acceptors (Lipinski definition) is 3. The van der Waals surface area contributed by atoms with Crippen LogP contribution in [0, 0.1) is 5.92 Å². The van der Waals surface area contributed by atoms with E-state index in [1.165, 1.54) is 0 Å². The fraction of sp³-hybridized carbons (Fsp3) is 0.391. The average Bonchev–Trinajstić information content (AvgIpc) is 2.68. The monoisotopic (exact) mass is 427 g/mol. The number of nitrogens with one attached hydrogen (secondary N) is 1. The third-order valence-corrected chi connectivity index (χ3v) is 6.04. The molecular formula is C23H26ClN3O3. The van der Waals surface area contributed by atoms with Crippen LogP contribution in [0.2, 0.25) is 5.02 Å². The Bertz CT molecular complexity index is 945. The van der Waals surface area contributed by atoms with Crippen LogP contribution < -0.4 is 15.0 Å². The number of anilines is 2. The maximum atomic E-state index is 13.3. The van der Waals surface area contributed by atoms with Crippen LogP contribution in [0.15, 0.2) is 42.5 Å². The molecule has 0 unspecified atom stereocenters. The van der Waals surface area contributed by atoms with Gasteiger partial charge in [-0.05, 0) is 49.1 Å². The summed E-state index contributed by atoms with van der Waals surface area (Å²) in [6, 6.07) is 12.9. The number of urea groups is 1. The van der Waals surface area contributed by atoms with Gasteiger partial charge in [-0.1, -0.05) is 30.2 Å². The predicted octanol–water partition coefficient (Wildman–Crippen LogP) is 4.92. The number of halogens is 1. The van der Waals surface area contributed by atoms with Crippen LogP contribution in [0.3, 0.4) is 0 Å². The number of amides is 3. The minimum absolute atomic E-state index is 0.0102. The number of nitrogens with zero attached hydrogens (tertiary/aromatic N) is 2. The Labute approximate surface area is 181 Å². The second-order valence-corrected chi connectivity index (χ2v) is 8.28. The number of ether oxygens (including phenoxy) is 1. The summed E-state index contributed by atoms with van der Waals surface area (Å²) in [4.78, 5) is 29.4. The molecule has 2 aromatic carbocycles. The van der Waals surface area contributed by atoms with Gasteiger partial charge in [-0.25, -0.2) is 4.79 Å². The second kappa shape index (κ2) is 8.96. The van der Waals surface area contributed by atoms with Gasteiger partial charge in [0, 0.05) is 36.6 Å². The molecule has 0 bridgehead atoms. The standard InChI is InChI=1S/C23H26ClN3O3/c1-30-19-9-10-21(20(14-19)25-22(28)17-6-3-7-17)27-12-4-11-26(23(27)29)15-16-5-2-8-18(24)13-16/h2,5,8-10,13-14,17H,3-4,6-7,11-12,15H2,1H3,(H,25,28). The largest absolute Gasteiger partial charge is 0.497 e. The molecule has 7 heteroatoms. The molecule has 6 nitrogen and oxygen atoms in total. The van der Waals surface area contributed by atoms with Crippen LogP contribution in [0.4, 0.5) is 16.2 Å². The molecule has 1 saturated heterocycles. The van der Waals surface area contributed by atoms with E-state index in [9.17, 15) is 9.59 Å². The molecule has 30 heavy (non-hydrogen) atoms. The van der Waals surface area contributed by atoms with Crippen LogP contribution in [-0.4, -0.2) is 37.0 Å². The van der Waals surface area contributed by atoms with E-state index < -0.39 is 0 Å². The summed E-state index contributed by atoms with van der Waals surface area (Å²) in [7, 11) is 1.59. The van der Waals surface area contributed by atoms with E-state index in [2.05, 4.69) is 5.32 Å². The molecule has 1 N–H and O–H groups in total. The van der Waals surface area contributed by atoms with E-state index in [0.29, 0.717) is 41.8 Å². The lowest BCUT2D eigenvalue weighted by molar-refractivity contribution is -0.122. The van der Waals surface area contributed by atoms with Gasteiger partial charge in [0.25, 0.3) is 0 Å². The van der Waals surface area contributed by atoms with E-state index in [1.54, 1.807) is 18.1 Å². The molecule has 0 aromatic heterocycles. The van der Waals surface area contributed by atoms with Crippen LogP contribution in [0.5, 0.6) is 5.75 Å². The van der Waals surface area contributed by atoms with E-state index >= 15 is 0 Å². The normalized spacial score (nSPS) is 16.9. The SMILES string of the molecule is COc1ccc(N2CCCN(Cc3cccc(Cl)c3)C2=O)c(NC(=O)C2CCC2)c1. The maximum absolute atomic E-state index is 13.3. The highest BCUT2D eigenvalue weighted by atomic mass is 35.5. The molecule has 1 aliphatic carbocycles. The quantitative estimate of drug-likeness (QED) is 0.711. The summed E-state index contributed by atoms with van der Waals surface area (Å²) in [6.45, 7) is 1.78. The molecule has 1 saturated carbocycles. The number of hydrogen-bond donors (Lipinski definition) is 1. The molecule has 2 fully saturated rings. The molecule has 3 amide bonds. The van der Waals surface area contributed by atoms with Crippen LogP contribution >= 0.6 is 11.6 Å². The Kier molecular flexibility index (Phi) is 6.13. The van der Waals surface area contributed by atoms with Crippen molar-refractivity contribution in [1.82, 2.24) is 4.90 Å². The first kappa shape index (κ1) is 20.5. The van der Waals surface area contributed by atoms with Gasteiger partial charge >= 0.3 is 6.03 Å². The number of benzene rings is 2. The lowest BCUT2D eigenvalue weighted by Crippen LogP contribution is -2.49. The molecule has 1 heterocycles. The van der Waals surface area contributed by atoms with Crippen molar-refractivity contribution >= 4 is 34.9 Å². The first-order valence-electron chi connectivity index (χ1n) is 10.3. The van der Waals surface area contributed by atoms with Crippen molar-refractivity contribution in [2.45, 2.75) is 32.2 Å². The topological polar surface area (TPSA) is 61.9 Å². The Balaban J connectivity index is 1.56. The molecule has 0 spiro atoms. The fourth-order valence-corrected chi connectivity index (χ4v) is 4.10. The first-order chi connectivity index (χ1) is 14.5. The molecule has 158 valence electrons. The average molecular weight is 428 g/mol. The van der Waals surface area contributed by atoms with Crippen molar-refractivity contribution in [3.8, 4) is 5.75 Å². The van der Waals surface area contributed by atoms with E-state index in [-0.39, 0.29) is 17.9 Å². The van der Waals surface area contributed by atoms with Crippen molar-refractivity contribution < 1.29 is 14.3 Å². The van der Waals surface area contributed by atoms with Crippen LogP contribution in [-0.2, 0) is 11.3 Å². The van der Waals surface area contributed by atoms with Crippen molar-refractivity contribution in [3.05, 3.63) is 53.1 Å². The number of rotatable bonds is 6. The lowest BCUT2D eigenvalue weighted by atomic mass is 9.85. The van der Waals surface area contributed by atoms with Gasteiger partial charge in [-0.3, -0.25) is 9.69 Å². The lowest BCUT2D eigenvalue weighted by Gasteiger charge is -2.37. The van der Waals surface area contributed by atoms with Gasteiger partial charge in [0.05, 0.1) is 18.5 Å². The molecule has 2 aromatic rings. The van der Waals surface area contributed by atoms with Gasteiger partial charge in [-0.15, -0.1) is 0 Å². The van der Waals surface area contributed by atoms with Gasteiger partial charge in [-0.2, -0.15) is 0 Å². The number of carbonyl (C=O) groups excluding carboxylic acids is 2. The van der Waals surface area contributed by atoms with Gasteiger partial charge in [0.2, 0.25) is 5.91 Å². The van der Waals surface area contributed by atoms with Gasteiger partial charge in [0.15, 0.2) is 0 Å². The van der Waals surface area contributed by atoms with Crippen molar-refractivity contribution in [1.29, 1.82) is 0 Å². The summed E-state index contributed by atoms with van der Waals surface area (Å²) < 4.78 is 5.34. The molecule has 2 aliphatic rings. The Hall–Kier alpha value is -2.73. The second-order valence-electron chi connectivity index (χ2n) is 7.84. The van der Waals surface area contributed by atoms with Gasteiger partial charge in [0.1, 0.15) is 5.75 Å².